The minimum Gasteiger partial charge on any atom is -0.462 e. The van der Waals surface area contributed by atoms with Gasteiger partial charge in [0.2, 0.25) is 0 Å². The summed E-state index contributed by atoms with van der Waals surface area (Å²) in [5, 5.41) is 0. The Morgan fingerprint density at radius 3 is 0.744 bits per heavy atom. The van der Waals surface area contributed by atoms with E-state index in [4.69, 9.17) is 14.2 Å². The molecule has 6 heteroatoms. The minimum atomic E-state index is -0.801. The number of carbonyl (C=O) groups is 3. The molecule has 0 aromatic carbocycles. The Labute approximate surface area is 506 Å². The van der Waals surface area contributed by atoms with Crippen LogP contribution in [-0.2, 0) is 28.6 Å². The van der Waals surface area contributed by atoms with Crippen LogP contribution < -0.4 is 0 Å². The highest BCUT2D eigenvalue weighted by Gasteiger charge is 2.19. The van der Waals surface area contributed by atoms with Crippen LogP contribution in [0, 0.1) is 0 Å². The van der Waals surface area contributed by atoms with Gasteiger partial charge in [-0.05, 0) is 141 Å². The molecule has 0 bridgehead atoms. The number of allylic oxidation sites excluding steroid dienone is 24. The lowest BCUT2D eigenvalue weighted by atomic mass is 10.1. The van der Waals surface area contributed by atoms with Crippen LogP contribution in [0.3, 0.4) is 0 Å². The van der Waals surface area contributed by atoms with Gasteiger partial charge in [0.15, 0.2) is 6.10 Å². The van der Waals surface area contributed by atoms with E-state index in [1.807, 2.05) is 0 Å². The zero-order chi connectivity index (χ0) is 59.2. The van der Waals surface area contributed by atoms with Gasteiger partial charge < -0.3 is 14.2 Å². The van der Waals surface area contributed by atoms with Crippen LogP contribution in [0.4, 0.5) is 0 Å². The molecule has 0 rings (SSSR count). The summed E-state index contributed by atoms with van der Waals surface area (Å²) in [5.74, 6) is -0.920. The largest absolute Gasteiger partial charge is 0.462 e. The van der Waals surface area contributed by atoms with Crippen molar-refractivity contribution in [2.75, 3.05) is 13.2 Å². The molecule has 0 spiro atoms. The van der Waals surface area contributed by atoms with Crippen LogP contribution in [0.25, 0.3) is 0 Å². The predicted octanol–water partition coefficient (Wildman–Crippen LogP) is 23.5. The fraction of sp³-hybridized carbons (Fsp3) is 0.645. The first kappa shape index (κ1) is 77.3. The molecule has 0 fully saturated rings. The van der Waals surface area contributed by atoms with E-state index in [9.17, 15) is 14.4 Å². The highest BCUT2D eigenvalue weighted by molar-refractivity contribution is 5.71. The van der Waals surface area contributed by atoms with Crippen LogP contribution in [0.2, 0.25) is 0 Å². The fourth-order valence-corrected chi connectivity index (χ4v) is 9.06. The Bertz CT molecular complexity index is 1780. The average molecular weight is 1130 g/mol. The number of hydrogen-bond donors (Lipinski definition) is 0. The molecule has 0 aliphatic rings. The van der Waals surface area contributed by atoms with Gasteiger partial charge in [0.05, 0.1) is 0 Å². The zero-order valence-electron chi connectivity index (χ0n) is 53.2. The first-order chi connectivity index (χ1) is 40.5. The molecule has 1 atom stereocenters. The van der Waals surface area contributed by atoms with E-state index in [-0.39, 0.29) is 31.1 Å². The maximum Gasteiger partial charge on any atom is 0.306 e. The third-order valence-corrected chi connectivity index (χ3v) is 14.1. The second kappa shape index (κ2) is 68.8. The van der Waals surface area contributed by atoms with E-state index in [2.05, 4.69) is 167 Å². The molecular formula is C76H124O6. The maximum atomic E-state index is 13.0. The molecule has 0 radical (unpaired) electrons. The van der Waals surface area contributed by atoms with Crippen LogP contribution >= 0.6 is 0 Å². The normalized spacial score (nSPS) is 13.1. The molecule has 82 heavy (non-hydrogen) atoms. The lowest BCUT2D eigenvalue weighted by Gasteiger charge is -2.18. The number of unbranched alkanes of at least 4 members (excludes halogenated alkanes) is 25. The summed E-state index contributed by atoms with van der Waals surface area (Å²) in [6.07, 6.45) is 98.4. The van der Waals surface area contributed by atoms with Gasteiger partial charge in [-0.15, -0.1) is 0 Å². The van der Waals surface area contributed by atoms with Gasteiger partial charge in [-0.2, -0.15) is 0 Å². The Morgan fingerprint density at radius 2 is 0.476 bits per heavy atom. The molecule has 0 aliphatic carbocycles. The minimum absolute atomic E-state index is 0.0949. The maximum absolute atomic E-state index is 13.0. The molecule has 6 nitrogen and oxygen atoms in total. The van der Waals surface area contributed by atoms with E-state index in [1.165, 1.54) is 103 Å². The Balaban J connectivity index is 4.47. The second-order valence-corrected chi connectivity index (χ2v) is 22.0. The van der Waals surface area contributed by atoms with E-state index in [0.717, 1.165) is 154 Å². The van der Waals surface area contributed by atoms with E-state index in [1.54, 1.807) is 0 Å². The van der Waals surface area contributed by atoms with Crippen LogP contribution in [-0.4, -0.2) is 37.2 Å². The first-order valence-corrected chi connectivity index (χ1v) is 33.8. The Hall–Kier alpha value is -4.71. The number of carbonyl (C=O) groups excluding carboxylic acids is 3. The summed E-state index contributed by atoms with van der Waals surface area (Å²) in [6, 6.07) is 0. The highest BCUT2D eigenvalue weighted by atomic mass is 16.6. The van der Waals surface area contributed by atoms with Crippen molar-refractivity contribution in [2.45, 2.75) is 303 Å². The van der Waals surface area contributed by atoms with Gasteiger partial charge in [0, 0.05) is 19.3 Å². The van der Waals surface area contributed by atoms with Crippen molar-refractivity contribution in [2.24, 2.45) is 0 Å². The van der Waals surface area contributed by atoms with Gasteiger partial charge >= 0.3 is 17.9 Å². The van der Waals surface area contributed by atoms with Gasteiger partial charge in [0.25, 0.3) is 0 Å². The van der Waals surface area contributed by atoms with Crippen molar-refractivity contribution in [1.29, 1.82) is 0 Å². The molecule has 1 unspecified atom stereocenters. The summed E-state index contributed by atoms with van der Waals surface area (Å²) in [6.45, 7) is 6.39. The molecule has 0 aromatic heterocycles. The molecule has 0 N–H and O–H groups in total. The molecule has 0 saturated heterocycles. The Kier molecular flexibility index (Phi) is 64.8. The van der Waals surface area contributed by atoms with Crippen molar-refractivity contribution in [3.8, 4) is 0 Å². The van der Waals surface area contributed by atoms with Crippen LogP contribution in [0.15, 0.2) is 146 Å². The van der Waals surface area contributed by atoms with E-state index >= 15 is 0 Å². The van der Waals surface area contributed by atoms with Crippen molar-refractivity contribution >= 4 is 17.9 Å². The molecular weight excluding hydrogens is 1010 g/mol. The third kappa shape index (κ3) is 66.1. The van der Waals surface area contributed by atoms with Crippen LogP contribution in [0.5, 0.6) is 0 Å². The summed E-state index contributed by atoms with van der Waals surface area (Å²) in [5.41, 5.74) is 0. The molecule has 464 valence electrons. The number of esters is 3. The fourth-order valence-electron chi connectivity index (χ4n) is 9.06. The molecule has 0 aliphatic heterocycles. The van der Waals surface area contributed by atoms with Crippen molar-refractivity contribution in [3.63, 3.8) is 0 Å². The quantitative estimate of drug-likeness (QED) is 0.0261. The van der Waals surface area contributed by atoms with Gasteiger partial charge in [-0.25, -0.2) is 0 Å². The highest BCUT2D eigenvalue weighted by Crippen LogP contribution is 2.15. The summed E-state index contributed by atoms with van der Waals surface area (Å²) in [7, 11) is 0. The number of hydrogen-bond acceptors (Lipinski definition) is 6. The third-order valence-electron chi connectivity index (χ3n) is 14.1. The summed E-state index contributed by atoms with van der Waals surface area (Å²) < 4.78 is 17.0. The van der Waals surface area contributed by atoms with Crippen LogP contribution in [0.1, 0.15) is 297 Å². The average Bonchev–Trinajstić information content (AvgIpc) is 3.47. The lowest BCUT2D eigenvalue weighted by Crippen LogP contribution is -2.30. The number of rotatable bonds is 60. The van der Waals surface area contributed by atoms with E-state index in [0.29, 0.717) is 19.3 Å². The number of ether oxygens (including phenoxy) is 3. The Morgan fingerprint density at radius 1 is 0.256 bits per heavy atom. The smallest absolute Gasteiger partial charge is 0.306 e. The lowest BCUT2D eigenvalue weighted by molar-refractivity contribution is -0.167. The first-order valence-electron chi connectivity index (χ1n) is 33.8. The molecule has 0 saturated carbocycles. The van der Waals surface area contributed by atoms with Gasteiger partial charge in [0.1, 0.15) is 13.2 Å². The molecule has 0 aromatic rings. The monoisotopic (exact) mass is 1130 g/mol. The predicted molar refractivity (Wildman–Crippen MR) is 357 cm³/mol. The van der Waals surface area contributed by atoms with Crippen molar-refractivity contribution in [1.82, 2.24) is 0 Å². The molecule has 0 heterocycles. The van der Waals surface area contributed by atoms with Gasteiger partial charge in [-0.1, -0.05) is 282 Å². The van der Waals surface area contributed by atoms with E-state index < -0.39 is 6.10 Å². The van der Waals surface area contributed by atoms with Crippen molar-refractivity contribution in [3.05, 3.63) is 146 Å². The summed E-state index contributed by atoms with van der Waals surface area (Å²) >= 11 is 0. The topological polar surface area (TPSA) is 78.9 Å². The molecule has 0 amide bonds. The SMILES string of the molecule is CC/C=C\C/C=C\C/C=C\C/C=C\C/C=C\CCCCCCCCCC(=O)OCC(COC(=O)CCCCCCCCC/C=C\C/C=C\CCCCCC)OC(=O)CCCCCCCCC/C=C\C/C=C\C/C=C\C/C=C\C/C=C\CC. The van der Waals surface area contributed by atoms with Crippen molar-refractivity contribution < 1.29 is 28.6 Å². The van der Waals surface area contributed by atoms with Gasteiger partial charge in [-0.3, -0.25) is 14.4 Å². The zero-order valence-corrected chi connectivity index (χ0v) is 53.2. The second-order valence-electron chi connectivity index (χ2n) is 22.0. The standard InChI is InChI=1S/C76H124O6/c1-4-7-10-13-16-19-22-25-28-31-34-36-38-40-42-45-48-51-54-57-60-63-66-69-75(78)81-72-73(71-80-74(77)68-65-62-59-56-53-50-47-44-33-30-27-24-21-18-15-12-9-6-3)82-76(79)70-67-64-61-58-55-52-49-46-43-41-39-37-35-32-29-26-23-20-17-14-11-8-5-2/h7-8,10-11,16-17,19-21,24-26,28-30,33-37,40-43,73H,4-6,9,12-15,18,22-23,27,31-32,38-39,44-72H2,1-3H3/b10-7-,11-8-,19-16-,20-17-,24-21-,28-25-,29-26-,33-30-,36-34-,37-35-,42-40-,43-41-. The summed E-state index contributed by atoms with van der Waals surface area (Å²) in [4.78, 5) is 38.5.